The van der Waals surface area contributed by atoms with E-state index < -0.39 is 0 Å². The van der Waals surface area contributed by atoms with Crippen LogP contribution in [0.15, 0.2) is 59.2 Å². The first-order chi connectivity index (χ1) is 13.3. The molecule has 0 saturated heterocycles. The molecule has 0 radical (unpaired) electrons. The Balaban J connectivity index is 1.52. The Hall–Kier alpha value is -3.35. The number of furan rings is 1. The van der Waals surface area contributed by atoms with Crippen molar-refractivity contribution in [2.45, 2.75) is 19.4 Å². The summed E-state index contributed by atoms with van der Waals surface area (Å²) in [5, 5.41) is 4.42. The highest BCUT2D eigenvalue weighted by Gasteiger charge is 2.26. The number of nitrogens with zero attached hydrogens (tertiary/aromatic N) is 5. The standard InChI is InChI=1S/C20H20N6O/c21-17-11-18(22-20-23-19(24-26(17)20)16-7-4-10-27-16)25(13-15-8-9-15)12-14-5-2-1-3-6-14/h1-7,10-11,15H,8-9,12-13,21H2. The number of anilines is 2. The Morgan fingerprint density at radius 3 is 2.70 bits per heavy atom. The molecule has 1 saturated carbocycles. The van der Waals surface area contributed by atoms with Crippen molar-refractivity contribution in [2.24, 2.45) is 5.92 Å². The van der Waals surface area contributed by atoms with Crippen LogP contribution in [-0.4, -0.2) is 26.1 Å². The zero-order valence-electron chi connectivity index (χ0n) is 14.8. The number of rotatable bonds is 6. The molecule has 0 atom stereocenters. The predicted octanol–water partition coefficient (Wildman–Crippen LogP) is 3.38. The van der Waals surface area contributed by atoms with Crippen LogP contribution in [0.25, 0.3) is 17.4 Å². The van der Waals surface area contributed by atoms with E-state index in [-0.39, 0.29) is 0 Å². The lowest BCUT2D eigenvalue weighted by Gasteiger charge is -2.24. The van der Waals surface area contributed by atoms with Gasteiger partial charge < -0.3 is 15.1 Å². The molecule has 3 heterocycles. The highest BCUT2D eigenvalue weighted by atomic mass is 16.3. The quantitative estimate of drug-likeness (QED) is 0.567. The third-order valence-corrected chi connectivity index (χ3v) is 4.78. The van der Waals surface area contributed by atoms with E-state index in [1.165, 1.54) is 18.4 Å². The van der Waals surface area contributed by atoms with Gasteiger partial charge in [0.25, 0.3) is 5.78 Å². The summed E-state index contributed by atoms with van der Waals surface area (Å²) in [6.45, 7) is 1.76. The van der Waals surface area contributed by atoms with Crippen LogP contribution >= 0.6 is 0 Å². The molecule has 0 amide bonds. The SMILES string of the molecule is Nc1cc(N(Cc2ccccc2)CC2CC2)nc2nc(-c3ccco3)nn12. The fraction of sp³-hybridized carbons (Fsp3) is 0.250. The van der Waals surface area contributed by atoms with Gasteiger partial charge >= 0.3 is 0 Å². The van der Waals surface area contributed by atoms with E-state index in [0.717, 1.165) is 24.8 Å². The maximum atomic E-state index is 6.26. The molecule has 3 aromatic heterocycles. The van der Waals surface area contributed by atoms with Gasteiger partial charge in [0.05, 0.1) is 6.26 Å². The Bertz CT molecular complexity index is 1050. The highest BCUT2D eigenvalue weighted by molar-refractivity contribution is 5.57. The van der Waals surface area contributed by atoms with Gasteiger partial charge in [0, 0.05) is 19.2 Å². The number of benzene rings is 1. The lowest BCUT2D eigenvalue weighted by Crippen LogP contribution is -2.26. The van der Waals surface area contributed by atoms with Gasteiger partial charge in [-0.1, -0.05) is 30.3 Å². The van der Waals surface area contributed by atoms with Gasteiger partial charge in [-0.25, -0.2) is 0 Å². The zero-order valence-corrected chi connectivity index (χ0v) is 14.8. The monoisotopic (exact) mass is 360 g/mol. The van der Waals surface area contributed by atoms with Crippen molar-refractivity contribution in [2.75, 3.05) is 17.2 Å². The maximum absolute atomic E-state index is 6.26. The van der Waals surface area contributed by atoms with E-state index in [2.05, 4.69) is 39.2 Å². The molecule has 1 aromatic carbocycles. The molecule has 0 spiro atoms. The molecule has 0 aliphatic heterocycles. The summed E-state index contributed by atoms with van der Waals surface area (Å²) in [7, 11) is 0. The van der Waals surface area contributed by atoms with Gasteiger partial charge in [0.2, 0.25) is 5.82 Å². The van der Waals surface area contributed by atoms with Crippen molar-refractivity contribution < 1.29 is 4.42 Å². The van der Waals surface area contributed by atoms with E-state index in [1.807, 2.05) is 18.2 Å². The van der Waals surface area contributed by atoms with Crippen molar-refractivity contribution in [3.8, 4) is 11.6 Å². The minimum Gasteiger partial charge on any atom is -0.461 e. The highest BCUT2D eigenvalue weighted by Crippen LogP contribution is 2.32. The molecule has 2 N–H and O–H groups in total. The van der Waals surface area contributed by atoms with Crippen LogP contribution in [0, 0.1) is 5.92 Å². The Morgan fingerprint density at radius 2 is 1.96 bits per heavy atom. The summed E-state index contributed by atoms with van der Waals surface area (Å²) in [5.41, 5.74) is 7.51. The molecular formula is C20H20N6O. The van der Waals surface area contributed by atoms with E-state index in [9.17, 15) is 0 Å². The summed E-state index contributed by atoms with van der Waals surface area (Å²) < 4.78 is 6.94. The van der Waals surface area contributed by atoms with Crippen LogP contribution in [0.5, 0.6) is 0 Å². The topological polar surface area (TPSA) is 85.5 Å². The number of fused-ring (bicyclic) bond motifs is 1. The second-order valence-corrected chi connectivity index (χ2v) is 6.97. The molecular weight excluding hydrogens is 340 g/mol. The van der Waals surface area contributed by atoms with E-state index in [4.69, 9.17) is 15.1 Å². The van der Waals surface area contributed by atoms with E-state index >= 15 is 0 Å². The van der Waals surface area contributed by atoms with E-state index in [0.29, 0.717) is 23.2 Å². The smallest absolute Gasteiger partial charge is 0.256 e. The molecule has 1 fully saturated rings. The van der Waals surface area contributed by atoms with Crippen LogP contribution in [0.4, 0.5) is 11.6 Å². The van der Waals surface area contributed by atoms with Gasteiger partial charge in [0.1, 0.15) is 11.6 Å². The fourth-order valence-electron chi connectivity index (χ4n) is 3.20. The minimum atomic E-state index is 0.477. The van der Waals surface area contributed by atoms with Gasteiger partial charge in [-0.3, -0.25) is 0 Å². The average molecular weight is 360 g/mol. The summed E-state index contributed by atoms with van der Waals surface area (Å²) in [5.74, 6) is 3.62. The van der Waals surface area contributed by atoms with Crippen molar-refractivity contribution in [3.05, 3.63) is 60.4 Å². The summed E-state index contributed by atoms with van der Waals surface area (Å²) in [6, 6.07) is 15.9. The van der Waals surface area contributed by atoms with Crippen molar-refractivity contribution in [3.63, 3.8) is 0 Å². The van der Waals surface area contributed by atoms with E-state index in [1.54, 1.807) is 16.8 Å². The Kier molecular flexibility index (Phi) is 3.78. The summed E-state index contributed by atoms with van der Waals surface area (Å²) in [6.07, 6.45) is 4.15. The van der Waals surface area contributed by atoms with Crippen LogP contribution < -0.4 is 10.6 Å². The summed E-state index contributed by atoms with van der Waals surface area (Å²) >= 11 is 0. The second-order valence-electron chi connectivity index (χ2n) is 6.97. The molecule has 136 valence electrons. The van der Waals surface area contributed by atoms with Crippen LogP contribution in [-0.2, 0) is 6.54 Å². The normalized spacial score (nSPS) is 13.9. The lowest BCUT2D eigenvalue weighted by atomic mass is 10.2. The predicted molar refractivity (Wildman–Crippen MR) is 103 cm³/mol. The van der Waals surface area contributed by atoms with Crippen LogP contribution in [0.3, 0.4) is 0 Å². The van der Waals surface area contributed by atoms with Gasteiger partial charge in [-0.15, -0.1) is 5.10 Å². The molecule has 5 rings (SSSR count). The molecule has 0 unspecified atom stereocenters. The van der Waals surface area contributed by atoms with Crippen LogP contribution in [0.1, 0.15) is 18.4 Å². The lowest BCUT2D eigenvalue weighted by molar-refractivity contribution is 0.577. The zero-order chi connectivity index (χ0) is 18.2. The molecule has 7 heteroatoms. The molecule has 0 bridgehead atoms. The van der Waals surface area contributed by atoms with Crippen molar-refractivity contribution in [1.29, 1.82) is 0 Å². The first-order valence-corrected chi connectivity index (χ1v) is 9.12. The van der Waals surface area contributed by atoms with Gasteiger partial charge in [-0.05, 0) is 36.5 Å². The fourth-order valence-corrected chi connectivity index (χ4v) is 3.20. The first-order valence-electron chi connectivity index (χ1n) is 9.12. The molecule has 7 nitrogen and oxygen atoms in total. The minimum absolute atomic E-state index is 0.477. The largest absolute Gasteiger partial charge is 0.461 e. The molecule has 1 aliphatic rings. The van der Waals surface area contributed by atoms with Gasteiger partial charge in [0.15, 0.2) is 5.76 Å². The maximum Gasteiger partial charge on any atom is 0.256 e. The number of nitrogen functional groups attached to an aromatic ring is 1. The average Bonchev–Trinajstić information content (AvgIpc) is 3.16. The van der Waals surface area contributed by atoms with Gasteiger partial charge in [-0.2, -0.15) is 14.5 Å². The van der Waals surface area contributed by atoms with Crippen molar-refractivity contribution in [1.82, 2.24) is 19.6 Å². The molecule has 1 aliphatic carbocycles. The molecule has 4 aromatic rings. The number of hydrogen-bond donors (Lipinski definition) is 1. The third-order valence-electron chi connectivity index (χ3n) is 4.78. The number of hydrogen-bond acceptors (Lipinski definition) is 6. The first kappa shape index (κ1) is 15.9. The number of nitrogens with two attached hydrogens (primary N) is 1. The third kappa shape index (κ3) is 3.23. The Morgan fingerprint density at radius 1 is 1.11 bits per heavy atom. The number of aromatic nitrogens is 4. The second kappa shape index (κ2) is 6.42. The molecule has 27 heavy (non-hydrogen) atoms. The van der Waals surface area contributed by atoms with Crippen molar-refractivity contribution >= 4 is 17.4 Å². The summed E-state index contributed by atoms with van der Waals surface area (Å²) in [4.78, 5) is 11.5. The van der Waals surface area contributed by atoms with Crippen LogP contribution in [0.2, 0.25) is 0 Å². The Labute approximate surface area is 156 Å².